The Morgan fingerprint density at radius 1 is 0.833 bits per heavy atom. The maximum Gasteiger partial charge on any atom is 2.00 e. The van der Waals surface area contributed by atoms with Crippen LogP contribution < -0.4 is 10.4 Å². The van der Waals surface area contributed by atoms with Crippen LogP contribution in [0.4, 0.5) is 0 Å². The van der Waals surface area contributed by atoms with Crippen LogP contribution in [0.1, 0.15) is 153 Å². The molecule has 0 amide bonds. The number of fused-ring (bicyclic) bond motifs is 5. The number of carbonyl (C=O) groups excluding carboxylic acids is 3. The van der Waals surface area contributed by atoms with Crippen LogP contribution in [0.15, 0.2) is 107 Å². The second-order valence-corrected chi connectivity index (χ2v) is 20.2. The van der Waals surface area contributed by atoms with E-state index in [1.54, 1.807) is 6.92 Å². The van der Waals surface area contributed by atoms with Gasteiger partial charge in [0.15, 0.2) is 5.78 Å². The molecule has 11 heteroatoms. The molecule has 10 nitrogen and oxygen atoms in total. The summed E-state index contributed by atoms with van der Waals surface area (Å²) in [7, 11) is 1.29. The van der Waals surface area contributed by atoms with Gasteiger partial charge in [0.05, 0.1) is 41.5 Å². The van der Waals surface area contributed by atoms with E-state index in [9.17, 15) is 19.5 Å². The molecule has 1 saturated heterocycles. The van der Waals surface area contributed by atoms with Gasteiger partial charge in [-0.2, -0.15) is 0 Å². The zero-order valence-electron chi connectivity index (χ0n) is 42.1. The van der Waals surface area contributed by atoms with E-state index >= 15 is 0 Å². The van der Waals surface area contributed by atoms with E-state index in [-0.39, 0.29) is 77.3 Å². The molecule has 8 bridgehead atoms. The Bertz CT molecular complexity index is 2280. The van der Waals surface area contributed by atoms with E-state index in [1.807, 2.05) is 45.1 Å². The fourth-order valence-corrected chi connectivity index (χ4v) is 10.7. The first-order valence-electron chi connectivity index (χ1n) is 24.6. The molecule has 352 valence electrons. The Kier molecular flexibility index (Phi) is 18.6. The SMILES string of the molecule is CC[C@H]1C2=CC3=C(C)C4=C([O-])[C@H](C(=O)OC)C(=C5N=C(C=C6N=C(C=C(N2)[C@@H]1C)C(C(C)=O)=C6C)[C@@H](C)[C@@H]5CCC(=O)OC/C=C(\C)CCC[C@H](C)CCC[C@H](C)CCCC(C)C)C4=N3.[Mg+2]. The number of methoxy groups -OCH3 is 1. The minimum absolute atomic E-state index is 0. The first-order chi connectivity index (χ1) is 30.9. The zero-order valence-corrected chi connectivity index (χ0v) is 43.5. The van der Waals surface area contributed by atoms with Gasteiger partial charge in [0.25, 0.3) is 0 Å². The van der Waals surface area contributed by atoms with Crippen LogP contribution in [0.5, 0.6) is 0 Å². The maximum atomic E-state index is 14.4. The van der Waals surface area contributed by atoms with E-state index < -0.39 is 11.9 Å². The number of carbonyl (C=O) groups is 3. The van der Waals surface area contributed by atoms with Gasteiger partial charge in [-0.05, 0) is 112 Å². The average Bonchev–Trinajstić information content (AvgIpc) is 4.00. The minimum Gasteiger partial charge on any atom is -0.874 e. The van der Waals surface area contributed by atoms with Crippen molar-refractivity contribution in [2.75, 3.05) is 13.7 Å². The van der Waals surface area contributed by atoms with Gasteiger partial charge in [-0.15, -0.1) is 5.76 Å². The number of hydrogen-bond acceptors (Lipinski definition) is 10. The molecular formula is C55H75MgN4O6+. The maximum absolute atomic E-state index is 14.4. The molecule has 1 N–H and O–H groups in total. The van der Waals surface area contributed by atoms with E-state index in [0.717, 1.165) is 48.1 Å². The van der Waals surface area contributed by atoms with Gasteiger partial charge in [-0.25, -0.2) is 9.98 Å². The van der Waals surface area contributed by atoms with Crippen molar-refractivity contribution in [3.05, 3.63) is 92.0 Å². The van der Waals surface area contributed by atoms with Gasteiger partial charge in [-0.3, -0.25) is 19.4 Å². The van der Waals surface area contributed by atoms with E-state index in [0.29, 0.717) is 68.9 Å². The molecule has 0 radical (unpaired) electrons. The second-order valence-electron chi connectivity index (χ2n) is 20.2. The van der Waals surface area contributed by atoms with Crippen LogP contribution in [0, 0.1) is 47.3 Å². The molecule has 0 aromatic carbocycles. The molecule has 0 saturated carbocycles. The molecule has 66 heavy (non-hydrogen) atoms. The first-order valence-corrected chi connectivity index (χ1v) is 24.6. The van der Waals surface area contributed by atoms with E-state index in [4.69, 9.17) is 24.5 Å². The smallest absolute Gasteiger partial charge is 0.874 e. The molecule has 6 aliphatic rings. The van der Waals surface area contributed by atoms with Gasteiger partial charge >= 0.3 is 35.0 Å². The Morgan fingerprint density at radius 3 is 2.14 bits per heavy atom. The number of aliphatic imine (C=N–C) groups is 3. The number of allylic oxidation sites excluding steroid dienone is 11. The fraction of sp³-hybridized carbons (Fsp3) is 0.600. The first kappa shape index (κ1) is 52.9. The van der Waals surface area contributed by atoms with Crippen molar-refractivity contribution in [1.29, 1.82) is 0 Å². The summed E-state index contributed by atoms with van der Waals surface area (Å²) in [4.78, 5) is 55.6. The van der Waals surface area contributed by atoms with Crippen molar-refractivity contribution in [1.82, 2.24) is 5.32 Å². The summed E-state index contributed by atoms with van der Waals surface area (Å²) in [5, 5.41) is 18.0. The Labute approximate surface area is 411 Å². The van der Waals surface area contributed by atoms with Crippen LogP contribution in [-0.2, 0) is 23.9 Å². The number of Topliss-reactive ketones (excluding diaryl/α,β-unsaturated/α-hetero) is 1. The predicted molar refractivity (Wildman–Crippen MR) is 265 cm³/mol. The summed E-state index contributed by atoms with van der Waals surface area (Å²) in [6, 6.07) is 0. The van der Waals surface area contributed by atoms with E-state index in [1.165, 1.54) is 57.6 Å². The summed E-state index contributed by atoms with van der Waals surface area (Å²) in [5.41, 5.74) is 9.54. The summed E-state index contributed by atoms with van der Waals surface area (Å²) in [6.45, 7) is 23.4. The Balaban J connectivity index is 0.00000817. The van der Waals surface area contributed by atoms with Gasteiger partial charge in [0, 0.05) is 58.3 Å². The topological polar surface area (TPSA) is 142 Å². The summed E-state index contributed by atoms with van der Waals surface area (Å²) >= 11 is 0. The fourth-order valence-electron chi connectivity index (χ4n) is 10.7. The van der Waals surface area contributed by atoms with Crippen molar-refractivity contribution >= 4 is 57.9 Å². The second kappa shape index (κ2) is 23.3. The van der Waals surface area contributed by atoms with Crippen molar-refractivity contribution in [3.8, 4) is 0 Å². The Morgan fingerprint density at radius 2 is 1.50 bits per heavy atom. The van der Waals surface area contributed by atoms with Crippen LogP contribution in [0.3, 0.4) is 0 Å². The number of nitrogens with one attached hydrogen (secondary N) is 1. The number of ketones is 1. The molecular weight excluding hydrogens is 837 g/mol. The molecule has 0 spiro atoms. The summed E-state index contributed by atoms with van der Waals surface area (Å²) < 4.78 is 11.0. The van der Waals surface area contributed by atoms with Gasteiger partial charge in [0.1, 0.15) is 6.61 Å². The van der Waals surface area contributed by atoms with Gasteiger partial charge in [0.2, 0.25) is 0 Å². The predicted octanol–water partition coefficient (Wildman–Crippen LogP) is 10.7. The number of esters is 2. The summed E-state index contributed by atoms with van der Waals surface area (Å²) in [6.07, 6.45) is 20.5. The van der Waals surface area contributed by atoms with Crippen LogP contribution in [0.25, 0.3) is 0 Å². The number of nitrogens with zero attached hydrogens (tertiary/aromatic N) is 3. The largest absolute Gasteiger partial charge is 2.00 e. The van der Waals surface area contributed by atoms with Crippen LogP contribution in [-0.4, -0.2) is 71.6 Å². The monoisotopic (exact) mass is 912 g/mol. The average molecular weight is 913 g/mol. The molecule has 1 aliphatic carbocycles. The molecule has 0 aromatic rings. The molecule has 7 atom stereocenters. The van der Waals surface area contributed by atoms with Gasteiger partial charge < -0.3 is 19.9 Å². The quantitative estimate of drug-likeness (QED) is 0.0728. The molecule has 6 rings (SSSR count). The molecule has 0 unspecified atom stereocenters. The normalized spacial score (nSPS) is 24.4. The third-order valence-electron chi connectivity index (χ3n) is 14.8. The Hall–Kier alpha value is -4.09. The van der Waals surface area contributed by atoms with Crippen molar-refractivity contribution in [2.24, 2.45) is 62.3 Å². The van der Waals surface area contributed by atoms with Gasteiger partial charge in [-0.1, -0.05) is 99.0 Å². The third-order valence-corrected chi connectivity index (χ3v) is 14.8. The third kappa shape index (κ3) is 11.8. The molecule has 1 fully saturated rings. The van der Waals surface area contributed by atoms with Crippen molar-refractivity contribution in [2.45, 2.75) is 153 Å². The molecule has 5 heterocycles. The zero-order chi connectivity index (χ0) is 47.3. The number of hydrogen-bond donors (Lipinski definition) is 1. The summed E-state index contributed by atoms with van der Waals surface area (Å²) in [5.74, 6) is -0.701. The number of ether oxygens (including phenoxy) is 2. The van der Waals surface area contributed by atoms with E-state index in [2.05, 4.69) is 53.8 Å². The molecule has 0 aromatic heterocycles. The standard InChI is InChI=1S/C55H76N4O6.Mg/c1-13-39-34(7)41-29-46-48(38(11)60)36(9)43(57-46)27-42-35(8)40(52(58-42)50-51(55(63)64-12)54(62)49-37(10)44(59-53(49)50)28-45(39)56-41)23-24-47(61)65-26-25-33(6)22-16-21-32(5)20-15-19-31(4)18-14-17-30(2)3;/h25,27-32,34-35,39-40,51,56,62H,13-24,26H2,1-12H3;/q;+2/p-1/b33-25+,41-29?,43-27?,45-28?,52-50?;/t31-,32-,34-,35+,39-,40+,51-;/m1./s1. The van der Waals surface area contributed by atoms with Crippen LogP contribution >= 0.6 is 0 Å². The van der Waals surface area contributed by atoms with Crippen molar-refractivity contribution < 1.29 is 29.0 Å². The molecule has 5 aliphatic heterocycles. The van der Waals surface area contributed by atoms with Crippen LogP contribution in [0.2, 0.25) is 0 Å². The van der Waals surface area contributed by atoms with Crippen molar-refractivity contribution in [3.63, 3.8) is 0 Å². The minimum atomic E-state index is -1.24. The number of rotatable bonds is 20.